The smallest absolute Gasteiger partial charge is 0.420 e. The van der Waals surface area contributed by atoms with Crippen molar-refractivity contribution in [1.82, 2.24) is 0 Å². The largest absolute Gasteiger partial charge is 0.506 e. The molecule has 1 rings (SSSR count). The zero-order valence-electron chi connectivity index (χ0n) is 8.56. The van der Waals surface area contributed by atoms with E-state index in [2.05, 4.69) is 31.9 Å². The molecule has 0 aliphatic heterocycles. The number of alkyl halides is 3. The fourth-order valence-corrected chi connectivity index (χ4v) is 1.55. The summed E-state index contributed by atoms with van der Waals surface area (Å²) in [6.45, 7) is 0.0459. The van der Waals surface area contributed by atoms with Crippen LogP contribution in [-0.4, -0.2) is 11.7 Å². The minimum Gasteiger partial charge on any atom is -0.506 e. The number of benzene rings is 1. The number of halogens is 6. The Morgan fingerprint density at radius 3 is 2.50 bits per heavy atom. The summed E-state index contributed by atoms with van der Waals surface area (Å²) < 4.78 is 43.3. The van der Waals surface area contributed by atoms with E-state index in [4.69, 9.17) is 16.3 Å². The van der Waals surface area contributed by atoms with E-state index < -0.39 is 22.5 Å². The summed E-state index contributed by atoms with van der Waals surface area (Å²) in [5.74, 6) is -1.09. The normalized spacial score (nSPS) is 11.2. The van der Waals surface area contributed by atoms with Crippen LogP contribution in [0.15, 0.2) is 21.6 Å². The summed E-state index contributed by atoms with van der Waals surface area (Å²) >= 11 is 11.6. The molecular weight excluding hydrogens is 404 g/mol. The predicted octanol–water partition coefficient (Wildman–Crippen LogP) is 5.07. The lowest BCUT2D eigenvalue weighted by Crippen LogP contribution is -2.06. The first-order chi connectivity index (χ1) is 8.21. The zero-order valence-corrected chi connectivity index (χ0v) is 12.5. The van der Waals surface area contributed by atoms with Gasteiger partial charge in [-0.15, -0.1) is 0 Å². The van der Waals surface area contributed by atoms with E-state index in [1.54, 1.807) is 6.08 Å². The third kappa shape index (κ3) is 4.37. The number of hydrogen-bond acceptors (Lipinski definition) is 2. The second-order valence-electron chi connectivity index (χ2n) is 3.10. The molecule has 0 fully saturated rings. The molecule has 0 spiro atoms. The van der Waals surface area contributed by atoms with Crippen LogP contribution in [-0.2, 0) is 6.18 Å². The number of hydrogen-bond donors (Lipinski definition) is 1. The van der Waals surface area contributed by atoms with Gasteiger partial charge in [-0.1, -0.05) is 11.6 Å². The molecule has 0 saturated carbocycles. The molecule has 0 aliphatic carbocycles. The number of aromatic hydroxyl groups is 1. The molecule has 0 amide bonds. The van der Waals surface area contributed by atoms with Gasteiger partial charge < -0.3 is 9.84 Å². The highest BCUT2D eigenvalue weighted by atomic mass is 79.9. The van der Waals surface area contributed by atoms with Crippen LogP contribution in [0.4, 0.5) is 13.2 Å². The molecule has 0 heterocycles. The van der Waals surface area contributed by atoms with Gasteiger partial charge in [0.15, 0.2) is 0 Å². The second kappa shape index (κ2) is 6.16. The Morgan fingerprint density at radius 2 is 2.00 bits per heavy atom. The molecule has 1 aromatic rings. The molecule has 100 valence electrons. The maximum Gasteiger partial charge on any atom is 0.420 e. The third-order valence-electron chi connectivity index (χ3n) is 1.83. The third-order valence-corrected chi connectivity index (χ3v) is 2.77. The quantitative estimate of drug-likeness (QED) is 0.754. The van der Waals surface area contributed by atoms with Crippen LogP contribution in [0.25, 0.3) is 0 Å². The molecule has 0 atom stereocenters. The average Bonchev–Trinajstić information content (AvgIpc) is 2.20. The zero-order chi connectivity index (χ0) is 13.9. The maximum atomic E-state index is 12.6. The topological polar surface area (TPSA) is 29.5 Å². The minimum atomic E-state index is -4.70. The molecule has 0 unspecified atom stereocenters. The lowest BCUT2D eigenvalue weighted by atomic mass is 10.2. The number of phenolic OH excluding ortho intramolecular Hbond substituents is 1. The Kier molecular flexibility index (Phi) is 5.36. The summed E-state index contributed by atoms with van der Waals surface area (Å²) in [6, 6.07) is 1.80. The second-order valence-corrected chi connectivity index (χ2v) is 6.28. The van der Waals surface area contributed by atoms with Crippen molar-refractivity contribution >= 4 is 43.5 Å². The Morgan fingerprint density at radius 1 is 1.39 bits per heavy atom. The van der Waals surface area contributed by atoms with Crippen molar-refractivity contribution in [2.24, 2.45) is 0 Å². The van der Waals surface area contributed by atoms with E-state index in [9.17, 15) is 18.3 Å². The van der Waals surface area contributed by atoms with Gasteiger partial charge in [0.05, 0.1) is 8.41 Å². The van der Waals surface area contributed by atoms with Crippen LogP contribution in [0, 0.1) is 0 Å². The molecule has 18 heavy (non-hydrogen) atoms. The van der Waals surface area contributed by atoms with Crippen LogP contribution in [0.1, 0.15) is 5.56 Å². The summed E-state index contributed by atoms with van der Waals surface area (Å²) in [5.41, 5.74) is -1.23. The van der Waals surface area contributed by atoms with Gasteiger partial charge in [0, 0.05) is 6.07 Å². The van der Waals surface area contributed by atoms with Crippen molar-refractivity contribution in [3.8, 4) is 11.5 Å². The highest BCUT2D eigenvalue weighted by molar-refractivity contribution is 9.28. The number of ether oxygens (including phenoxy) is 1. The lowest BCUT2D eigenvalue weighted by molar-refractivity contribution is -0.138. The van der Waals surface area contributed by atoms with Crippen LogP contribution < -0.4 is 4.74 Å². The predicted molar refractivity (Wildman–Crippen MR) is 69.6 cm³/mol. The SMILES string of the molecule is Oc1c(Cl)cc(OCC=C(Br)Br)cc1C(F)(F)F. The molecular formula is C10H6Br2ClF3O2. The molecule has 0 aliphatic rings. The van der Waals surface area contributed by atoms with Gasteiger partial charge in [-0.3, -0.25) is 0 Å². The van der Waals surface area contributed by atoms with Crippen molar-refractivity contribution in [3.05, 3.63) is 32.2 Å². The van der Waals surface area contributed by atoms with Crippen molar-refractivity contribution in [3.63, 3.8) is 0 Å². The van der Waals surface area contributed by atoms with E-state index in [0.717, 1.165) is 6.07 Å². The first-order valence-electron chi connectivity index (χ1n) is 4.45. The fraction of sp³-hybridized carbons (Fsp3) is 0.200. The first-order valence-corrected chi connectivity index (χ1v) is 6.42. The molecule has 8 heteroatoms. The van der Waals surface area contributed by atoms with E-state index in [-0.39, 0.29) is 12.4 Å². The molecule has 0 bridgehead atoms. The maximum absolute atomic E-state index is 12.6. The van der Waals surface area contributed by atoms with E-state index in [1.807, 2.05) is 0 Å². The fourth-order valence-electron chi connectivity index (χ4n) is 1.07. The molecule has 0 radical (unpaired) electrons. The standard InChI is InChI=1S/C10H6Br2ClF3O2/c11-8(12)1-2-18-5-3-6(10(14,15)16)9(17)7(13)4-5/h1,3-4,17H,2H2. The number of phenols is 1. The summed E-state index contributed by atoms with van der Waals surface area (Å²) in [7, 11) is 0. The van der Waals surface area contributed by atoms with Crippen molar-refractivity contribution in [2.75, 3.05) is 6.61 Å². The molecule has 2 nitrogen and oxygen atoms in total. The molecule has 0 saturated heterocycles. The summed E-state index contributed by atoms with van der Waals surface area (Å²) in [4.78, 5) is 0. The van der Waals surface area contributed by atoms with E-state index in [1.165, 1.54) is 0 Å². The minimum absolute atomic E-state index is 0.0459. The van der Waals surface area contributed by atoms with Crippen molar-refractivity contribution < 1.29 is 23.0 Å². The monoisotopic (exact) mass is 408 g/mol. The van der Waals surface area contributed by atoms with Crippen LogP contribution >= 0.6 is 43.5 Å². The first kappa shape index (κ1) is 15.7. The van der Waals surface area contributed by atoms with Crippen molar-refractivity contribution in [2.45, 2.75) is 6.18 Å². The molecule has 0 aromatic heterocycles. The van der Waals surface area contributed by atoms with E-state index >= 15 is 0 Å². The van der Waals surface area contributed by atoms with Gasteiger partial charge in [0.1, 0.15) is 23.7 Å². The van der Waals surface area contributed by atoms with Gasteiger partial charge in [-0.05, 0) is 44.0 Å². The Hall–Kier alpha value is -0.400. The highest BCUT2D eigenvalue weighted by Gasteiger charge is 2.35. The Bertz CT molecular complexity index is 471. The van der Waals surface area contributed by atoms with Crippen molar-refractivity contribution in [1.29, 1.82) is 0 Å². The van der Waals surface area contributed by atoms with E-state index in [0.29, 0.717) is 9.46 Å². The molecule has 1 aromatic carbocycles. The van der Waals surface area contributed by atoms with Gasteiger partial charge in [0.25, 0.3) is 0 Å². The van der Waals surface area contributed by atoms with Crippen LogP contribution in [0.2, 0.25) is 5.02 Å². The van der Waals surface area contributed by atoms with Gasteiger partial charge >= 0.3 is 6.18 Å². The summed E-state index contributed by atoms with van der Waals surface area (Å²) in [6.07, 6.45) is -3.15. The Balaban J connectivity index is 3.02. The van der Waals surface area contributed by atoms with Gasteiger partial charge in [-0.2, -0.15) is 13.2 Å². The Labute approximate surface area is 123 Å². The van der Waals surface area contributed by atoms with Crippen LogP contribution in [0.3, 0.4) is 0 Å². The summed E-state index contributed by atoms with van der Waals surface area (Å²) in [5, 5.41) is 8.82. The average molecular weight is 410 g/mol. The van der Waals surface area contributed by atoms with Crippen LogP contribution in [0.5, 0.6) is 11.5 Å². The number of rotatable bonds is 3. The highest BCUT2D eigenvalue weighted by Crippen LogP contribution is 2.42. The molecule has 1 N–H and O–H groups in total. The lowest BCUT2D eigenvalue weighted by Gasteiger charge is -2.12. The van der Waals surface area contributed by atoms with Gasteiger partial charge in [0.2, 0.25) is 0 Å². The van der Waals surface area contributed by atoms with Gasteiger partial charge in [-0.25, -0.2) is 0 Å².